The molecule has 3 aromatic rings. The number of benzene rings is 2. The fraction of sp³-hybridized carbons (Fsp3) is 0.286. The number of nitro benzene ring substituents is 1. The average Bonchev–Trinajstić information content (AvgIpc) is 3.06. The summed E-state index contributed by atoms with van der Waals surface area (Å²) < 4.78 is 2.03. The van der Waals surface area contributed by atoms with E-state index in [4.69, 9.17) is 0 Å². The fourth-order valence-corrected chi connectivity index (χ4v) is 4.01. The Kier molecular flexibility index (Phi) is 4.83. The number of carboxylic acid groups (broad SMARTS) is 1. The van der Waals surface area contributed by atoms with E-state index in [1.54, 1.807) is 12.1 Å². The Morgan fingerprint density at radius 2 is 2.00 bits per heavy atom. The van der Waals surface area contributed by atoms with E-state index in [2.05, 4.69) is 11.0 Å². The van der Waals surface area contributed by atoms with Crippen molar-refractivity contribution in [3.63, 3.8) is 0 Å². The molecule has 2 aromatic carbocycles. The summed E-state index contributed by atoms with van der Waals surface area (Å²) in [7, 11) is 0. The van der Waals surface area contributed by atoms with Crippen molar-refractivity contribution in [1.82, 2.24) is 9.47 Å². The highest BCUT2D eigenvalue weighted by atomic mass is 16.6. The Bertz CT molecular complexity index is 1040. The molecule has 1 saturated heterocycles. The van der Waals surface area contributed by atoms with Crippen LogP contribution >= 0.6 is 0 Å². The first-order valence-electron chi connectivity index (χ1n) is 9.32. The molecule has 0 saturated carbocycles. The number of likely N-dealkylation sites (tertiary alicyclic amines) is 1. The molecule has 0 spiro atoms. The molecule has 0 amide bonds. The van der Waals surface area contributed by atoms with Crippen LogP contribution in [0.2, 0.25) is 0 Å². The molecular formula is C21H21N3O4. The van der Waals surface area contributed by atoms with E-state index < -0.39 is 10.9 Å². The first-order chi connectivity index (χ1) is 13.5. The highest BCUT2D eigenvalue weighted by Crippen LogP contribution is 2.28. The second-order valence-electron chi connectivity index (χ2n) is 7.22. The number of nitro groups is 1. The van der Waals surface area contributed by atoms with Gasteiger partial charge in [0, 0.05) is 36.3 Å². The van der Waals surface area contributed by atoms with E-state index in [1.165, 1.54) is 6.07 Å². The second kappa shape index (κ2) is 7.44. The summed E-state index contributed by atoms with van der Waals surface area (Å²) in [5.74, 6) is -1.09. The number of carboxylic acids is 1. The lowest BCUT2D eigenvalue weighted by molar-refractivity contribution is -0.384. The third-order valence-electron chi connectivity index (χ3n) is 5.33. The molecule has 1 fully saturated rings. The summed E-state index contributed by atoms with van der Waals surface area (Å²) in [5, 5.41) is 21.6. The molecule has 1 aromatic heterocycles. The largest absolute Gasteiger partial charge is 0.481 e. The predicted octanol–water partition coefficient (Wildman–Crippen LogP) is 3.84. The van der Waals surface area contributed by atoms with Gasteiger partial charge in [-0.05, 0) is 37.6 Å². The summed E-state index contributed by atoms with van der Waals surface area (Å²) >= 11 is 0. The molecule has 1 N–H and O–H groups in total. The van der Waals surface area contributed by atoms with Gasteiger partial charge < -0.3 is 9.67 Å². The van der Waals surface area contributed by atoms with Crippen LogP contribution in [-0.4, -0.2) is 38.6 Å². The number of nitrogens with zero attached hydrogens (tertiary/aromatic N) is 3. The molecule has 7 nitrogen and oxygen atoms in total. The van der Waals surface area contributed by atoms with Gasteiger partial charge in [0.25, 0.3) is 5.69 Å². The van der Waals surface area contributed by atoms with Gasteiger partial charge in [-0.2, -0.15) is 0 Å². The summed E-state index contributed by atoms with van der Waals surface area (Å²) in [4.78, 5) is 24.4. The van der Waals surface area contributed by atoms with Crippen molar-refractivity contribution in [1.29, 1.82) is 0 Å². The topological polar surface area (TPSA) is 88.6 Å². The lowest BCUT2D eigenvalue weighted by Crippen LogP contribution is -2.38. The number of fused-ring (bicyclic) bond motifs is 1. The first-order valence-corrected chi connectivity index (χ1v) is 9.32. The van der Waals surface area contributed by atoms with Crippen molar-refractivity contribution < 1.29 is 14.8 Å². The van der Waals surface area contributed by atoms with Crippen LogP contribution in [0.1, 0.15) is 18.5 Å². The predicted molar refractivity (Wildman–Crippen MR) is 106 cm³/mol. The zero-order valence-electron chi connectivity index (χ0n) is 15.3. The van der Waals surface area contributed by atoms with Crippen LogP contribution in [0.15, 0.2) is 54.6 Å². The smallest absolute Gasteiger partial charge is 0.307 e. The minimum absolute atomic E-state index is 0.0464. The molecule has 1 atom stereocenters. The summed E-state index contributed by atoms with van der Waals surface area (Å²) in [6, 6.07) is 16.6. The summed E-state index contributed by atoms with van der Waals surface area (Å²) in [6.45, 7) is 1.97. The van der Waals surface area contributed by atoms with Gasteiger partial charge in [0.1, 0.15) is 0 Å². The monoisotopic (exact) mass is 379 g/mol. The number of hydrogen-bond acceptors (Lipinski definition) is 4. The Morgan fingerprint density at radius 1 is 1.18 bits per heavy atom. The van der Waals surface area contributed by atoms with Crippen molar-refractivity contribution in [2.24, 2.45) is 5.92 Å². The van der Waals surface area contributed by atoms with Crippen molar-refractivity contribution >= 4 is 22.6 Å². The highest BCUT2D eigenvalue weighted by molar-refractivity contribution is 5.83. The van der Waals surface area contributed by atoms with E-state index >= 15 is 0 Å². The molecule has 1 unspecified atom stereocenters. The van der Waals surface area contributed by atoms with Crippen molar-refractivity contribution in [3.8, 4) is 5.69 Å². The number of para-hydroxylation sites is 1. The van der Waals surface area contributed by atoms with E-state index in [-0.39, 0.29) is 11.6 Å². The van der Waals surface area contributed by atoms with Crippen LogP contribution in [0.25, 0.3) is 16.6 Å². The van der Waals surface area contributed by atoms with E-state index in [1.807, 2.05) is 34.9 Å². The lowest BCUT2D eigenvalue weighted by atomic mass is 9.98. The number of piperidine rings is 1. The first kappa shape index (κ1) is 18.2. The van der Waals surface area contributed by atoms with Crippen molar-refractivity contribution in [3.05, 3.63) is 70.4 Å². The van der Waals surface area contributed by atoms with Crippen LogP contribution in [0.4, 0.5) is 5.69 Å². The molecule has 7 heteroatoms. The Hall–Kier alpha value is -3.19. The van der Waals surface area contributed by atoms with Crippen LogP contribution in [0, 0.1) is 16.0 Å². The molecule has 2 heterocycles. The summed E-state index contributed by atoms with van der Waals surface area (Å²) in [5.41, 5.74) is 2.75. The van der Waals surface area contributed by atoms with Gasteiger partial charge in [-0.3, -0.25) is 19.8 Å². The van der Waals surface area contributed by atoms with Gasteiger partial charge in [-0.15, -0.1) is 0 Å². The van der Waals surface area contributed by atoms with Crippen molar-refractivity contribution in [2.75, 3.05) is 13.1 Å². The second-order valence-corrected chi connectivity index (χ2v) is 7.22. The Morgan fingerprint density at radius 3 is 2.79 bits per heavy atom. The van der Waals surface area contributed by atoms with Gasteiger partial charge in [0.2, 0.25) is 0 Å². The molecule has 144 valence electrons. The fourth-order valence-electron chi connectivity index (χ4n) is 4.01. The molecule has 0 radical (unpaired) electrons. The maximum Gasteiger partial charge on any atom is 0.307 e. The van der Waals surface area contributed by atoms with Crippen LogP contribution in [-0.2, 0) is 11.3 Å². The molecule has 0 aliphatic carbocycles. The minimum atomic E-state index is -0.746. The molecule has 0 bridgehead atoms. The summed E-state index contributed by atoms with van der Waals surface area (Å²) in [6.07, 6.45) is 1.56. The van der Waals surface area contributed by atoms with Crippen LogP contribution < -0.4 is 0 Å². The van der Waals surface area contributed by atoms with Gasteiger partial charge >= 0.3 is 5.97 Å². The molecule has 4 rings (SSSR count). The third kappa shape index (κ3) is 3.48. The minimum Gasteiger partial charge on any atom is -0.481 e. The number of non-ortho nitro benzene ring substituents is 1. The standard InChI is InChI=1S/C21H21N3O4/c25-21(26)16-6-4-10-22(13-16)14-19-11-15-5-1-2-9-20(15)23(19)17-7-3-8-18(12-17)24(27)28/h1-3,5,7-9,11-12,16H,4,6,10,13-14H2,(H,25,26). The molecule has 28 heavy (non-hydrogen) atoms. The molecule has 1 aliphatic rings. The maximum absolute atomic E-state index is 11.4. The number of carbonyl (C=O) groups is 1. The van der Waals surface area contributed by atoms with E-state index in [0.29, 0.717) is 19.5 Å². The third-order valence-corrected chi connectivity index (χ3v) is 5.33. The van der Waals surface area contributed by atoms with Crippen molar-refractivity contribution in [2.45, 2.75) is 19.4 Å². The SMILES string of the molecule is O=C(O)C1CCCN(Cc2cc3ccccc3n2-c2cccc([N+](=O)[O-])c2)C1. The normalized spacial score (nSPS) is 17.6. The maximum atomic E-state index is 11.4. The molecule has 1 aliphatic heterocycles. The van der Waals surface area contributed by atoms with Crippen LogP contribution in [0.5, 0.6) is 0 Å². The lowest BCUT2D eigenvalue weighted by Gasteiger charge is -2.30. The van der Waals surface area contributed by atoms with Crippen LogP contribution in [0.3, 0.4) is 0 Å². The van der Waals surface area contributed by atoms with E-state index in [0.717, 1.165) is 35.2 Å². The van der Waals surface area contributed by atoms with Gasteiger partial charge in [0.15, 0.2) is 0 Å². The van der Waals surface area contributed by atoms with E-state index in [9.17, 15) is 20.0 Å². The number of aromatic nitrogens is 1. The molecular weight excluding hydrogens is 358 g/mol. The number of rotatable bonds is 5. The highest BCUT2D eigenvalue weighted by Gasteiger charge is 2.26. The zero-order valence-corrected chi connectivity index (χ0v) is 15.3. The Balaban J connectivity index is 1.75. The van der Waals surface area contributed by atoms with Gasteiger partial charge in [0.05, 0.1) is 22.0 Å². The van der Waals surface area contributed by atoms with Gasteiger partial charge in [-0.25, -0.2) is 0 Å². The quantitative estimate of drug-likeness (QED) is 0.537. The number of hydrogen-bond donors (Lipinski definition) is 1. The zero-order chi connectivity index (χ0) is 19.7. The average molecular weight is 379 g/mol. The number of aliphatic carboxylic acids is 1. The Labute approximate surface area is 162 Å². The van der Waals surface area contributed by atoms with Gasteiger partial charge in [-0.1, -0.05) is 24.3 Å².